The molecule has 0 fully saturated rings. The van der Waals surface area contributed by atoms with Crippen LogP contribution >= 0.6 is 0 Å². The lowest BCUT2D eigenvalue weighted by Crippen LogP contribution is -2.31. The Bertz CT molecular complexity index is 1140. The molecule has 2 aromatic carbocycles. The van der Waals surface area contributed by atoms with E-state index in [0.717, 1.165) is 22.4 Å². The van der Waals surface area contributed by atoms with Crippen LogP contribution < -0.4 is 4.90 Å². The topological polar surface area (TPSA) is 62.4 Å². The SMILES string of the molecule is CCOC(=O)c1[nH]c(C)c(CN(C(=O)c2ccc(C(C)(C)C)cc2)c2ccc(F)cc2)c1C. The van der Waals surface area contributed by atoms with Gasteiger partial charge >= 0.3 is 5.97 Å². The van der Waals surface area contributed by atoms with Gasteiger partial charge in [-0.05, 0) is 79.3 Å². The quantitative estimate of drug-likeness (QED) is 0.462. The number of H-pyrrole nitrogens is 1. The molecule has 0 unspecified atom stereocenters. The van der Waals surface area contributed by atoms with Crippen molar-refractivity contribution in [1.29, 1.82) is 0 Å². The number of halogens is 1. The van der Waals surface area contributed by atoms with Crippen molar-refractivity contribution in [2.45, 2.75) is 53.5 Å². The fourth-order valence-corrected chi connectivity index (χ4v) is 3.76. The van der Waals surface area contributed by atoms with Crippen molar-refractivity contribution in [3.05, 3.63) is 88.0 Å². The third-order valence-corrected chi connectivity index (χ3v) is 5.77. The second-order valence-corrected chi connectivity index (χ2v) is 9.14. The van der Waals surface area contributed by atoms with Gasteiger partial charge in [0.1, 0.15) is 11.5 Å². The second-order valence-electron chi connectivity index (χ2n) is 9.14. The van der Waals surface area contributed by atoms with Crippen LogP contribution in [0.3, 0.4) is 0 Å². The van der Waals surface area contributed by atoms with Crippen molar-refractivity contribution >= 4 is 17.6 Å². The Morgan fingerprint density at radius 1 is 1.00 bits per heavy atom. The highest BCUT2D eigenvalue weighted by Gasteiger charge is 2.24. The van der Waals surface area contributed by atoms with Crippen molar-refractivity contribution in [3.8, 4) is 0 Å². The predicted molar refractivity (Wildman–Crippen MR) is 128 cm³/mol. The van der Waals surface area contributed by atoms with E-state index in [0.29, 0.717) is 16.9 Å². The fourth-order valence-electron chi connectivity index (χ4n) is 3.76. The third kappa shape index (κ3) is 5.33. The zero-order chi connectivity index (χ0) is 24.3. The molecule has 0 aliphatic heterocycles. The maximum Gasteiger partial charge on any atom is 0.355 e. The van der Waals surface area contributed by atoms with Crippen LogP contribution in [0.15, 0.2) is 48.5 Å². The maximum absolute atomic E-state index is 13.6. The van der Waals surface area contributed by atoms with Gasteiger partial charge in [0.05, 0.1) is 13.2 Å². The molecule has 0 aliphatic rings. The summed E-state index contributed by atoms with van der Waals surface area (Å²) in [7, 11) is 0. The number of amides is 1. The number of carbonyl (C=O) groups excluding carboxylic acids is 2. The van der Waals surface area contributed by atoms with Gasteiger partial charge in [-0.15, -0.1) is 0 Å². The van der Waals surface area contributed by atoms with E-state index in [9.17, 15) is 14.0 Å². The number of aryl methyl sites for hydroxylation is 1. The van der Waals surface area contributed by atoms with Gasteiger partial charge in [-0.1, -0.05) is 32.9 Å². The van der Waals surface area contributed by atoms with Crippen LogP contribution in [-0.4, -0.2) is 23.5 Å². The Labute approximate surface area is 194 Å². The van der Waals surface area contributed by atoms with E-state index in [1.165, 1.54) is 12.1 Å². The summed E-state index contributed by atoms with van der Waals surface area (Å²) < 4.78 is 18.7. The lowest BCUT2D eigenvalue weighted by atomic mass is 9.86. The Morgan fingerprint density at radius 3 is 2.15 bits per heavy atom. The van der Waals surface area contributed by atoms with Crippen LogP contribution in [0.25, 0.3) is 0 Å². The molecule has 0 radical (unpaired) electrons. The van der Waals surface area contributed by atoms with Gasteiger partial charge in [-0.25, -0.2) is 9.18 Å². The Kier molecular flexibility index (Phi) is 7.06. The molecule has 5 nitrogen and oxygen atoms in total. The van der Waals surface area contributed by atoms with Gasteiger partial charge in [0, 0.05) is 16.9 Å². The van der Waals surface area contributed by atoms with Gasteiger partial charge < -0.3 is 14.6 Å². The number of hydrogen-bond donors (Lipinski definition) is 1. The molecule has 0 saturated heterocycles. The van der Waals surface area contributed by atoms with Crippen LogP contribution in [0.4, 0.5) is 10.1 Å². The molecule has 0 spiro atoms. The number of nitrogens with one attached hydrogen (secondary N) is 1. The number of aromatic amines is 1. The molecular weight excluding hydrogens is 419 g/mol. The monoisotopic (exact) mass is 450 g/mol. The minimum atomic E-state index is -0.429. The maximum atomic E-state index is 13.6. The van der Waals surface area contributed by atoms with E-state index >= 15 is 0 Å². The highest BCUT2D eigenvalue weighted by molar-refractivity contribution is 6.06. The Balaban J connectivity index is 2.01. The standard InChI is InChI=1S/C27H31FN2O3/c1-7-33-26(32)24-17(2)23(18(3)29-24)16-30(22-14-12-21(28)13-15-22)25(31)19-8-10-20(11-9-19)27(4,5)6/h8-15,29H,7,16H2,1-6H3. The lowest BCUT2D eigenvalue weighted by molar-refractivity contribution is 0.0519. The average molecular weight is 451 g/mol. The summed E-state index contributed by atoms with van der Waals surface area (Å²) in [5.74, 6) is -1.01. The highest BCUT2D eigenvalue weighted by atomic mass is 19.1. The molecule has 3 aromatic rings. The van der Waals surface area contributed by atoms with Gasteiger partial charge in [0.25, 0.3) is 5.91 Å². The molecule has 174 valence electrons. The highest BCUT2D eigenvalue weighted by Crippen LogP contribution is 2.27. The summed E-state index contributed by atoms with van der Waals surface area (Å²) in [6, 6.07) is 13.4. The third-order valence-electron chi connectivity index (χ3n) is 5.77. The number of anilines is 1. The summed E-state index contributed by atoms with van der Waals surface area (Å²) in [5, 5.41) is 0. The smallest absolute Gasteiger partial charge is 0.355 e. The van der Waals surface area contributed by atoms with Crippen molar-refractivity contribution in [2.75, 3.05) is 11.5 Å². The molecule has 33 heavy (non-hydrogen) atoms. The number of benzene rings is 2. The Morgan fingerprint density at radius 2 is 1.61 bits per heavy atom. The van der Waals surface area contributed by atoms with Crippen molar-refractivity contribution in [1.82, 2.24) is 4.98 Å². The lowest BCUT2D eigenvalue weighted by Gasteiger charge is -2.24. The minimum Gasteiger partial charge on any atom is -0.461 e. The number of carbonyl (C=O) groups is 2. The van der Waals surface area contributed by atoms with E-state index in [2.05, 4.69) is 25.8 Å². The molecule has 0 aliphatic carbocycles. The molecule has 0 saturated carbocycles. The number of hydrogen-bond acceptors (Lipinski definition) is 3. The number of nitrogens with zero attached hydrogens (tertiary/aromatic N) is 1. The van der Waals surface area contributed by atoms with E-state index in [4.69, 9.17) is 4.74 Å². The number of rotatable bonds is 6. The van der Waals surface area contributed by atoms with Crippen LogP contribution in [0.1, 0.15) is 70.9 Å². The molecular formula is C27H31FN2O3. The molecule has 0 bridgehead atoms. The predicted octanol–water partition coefficient (Wildman–Crippen LogP) is 6.09. The van der Waals surface area contributed by atoms with Crippen LogP contribution in [0.5, 0.6) is 0 Å². The van der Waals surface area contributed by atoms with Crippen molar-refractivity contribution in [2.24, 2.45) is 0 Å². The summed E-state index contributed by atoms with van der Waals surface area (Å²) in [6.07, 6.45) is 0. The molecule has 1 heterocycles. The molecule has 0 atom stereocenters. The van der Waals surface area contributed by atoms with Crippen LogP contribution in [0.2, 0.25) is 0 Å². The summed E-state index contributed by atoms with van der Waals surface area (Å²) in [5.41, 5.74) is 4.91. The zero-order valence-corrected chi connectivity index (χ0v) is 20.1. The van der Waals surface area contributed by atoms with Crippen LogP contribution in [-0.2, 0) is 16.7 Å². The molecule has 1 aromatic heterocycles. The molecule has 1 N–H and O–H groups in total. The number of esters is 1. The first-order valence-electron chi connectivity index (χ1n) is 11.1. The van der Waals surface area contributed by atoms with E-state index in [1.807, 2.05) is 38.1 Å². The molecule has 3 rings (SSSR count). The van der Waals surface area contributed by atoms with Crippen molar-refractivity contribution in [3.63, 3.8) is 0 Å². The number of aromatic nitrogens is 1. The van der Waals surface area contributed by atoms with E-state index in [-0.39, 0.29) is 30.3 Å². The first kappa shape index (κ1) is 24.2. The number of ether oxygens (including phenoxy) is 1. The van der Waals surface area contributed by atoms with E-state index < -0.39 is 5.97 Å². The Hall–Kier alpha value is -3.41. The van der Waals surface area contributed by atoms with Gasteiger partial charge in [0.15, 0.2) is 0 Å². The van der Waals surface area contributed by atoms with E-state index in [1.54, 1.807) is 24.0 Å². The summed E-state index contributed by atoms with van der Waals surface area (Å²) in [6.45, 7) is 12.3. The van der Waals surface area contributed by atoms with Crippen molar-refractivity contribution < 1.29 is 18.7 Å². The first-order chi connectivity index (χ1) is 15.5. The van der Waals surface area contributed by atoms with Gasteiger partial charge in [-0.2, -0.15) is 0 Å². The largest absolute Gasteiger partial charge is 0.461 e. The van der Waals surface area contributed by atoms with Crippen LogP contribution in [0, 0.1) is 19.7 Å². The second kappa shape index (κ2) is 9.61. The zero-order valence-electron chi connectivity index (χ0n) is 20.1. The minimum absolute atomic E-state index is 0.0267. The first-order valence-corrected chi connectivity index (χ1v) is 11.1. The van der Waals surface area contributed by atoms with Gasteiger partial charge in [-0.3, -0.25) is 4.79 Å². The average Bonchev–Trinajstić information content (AvgIpc) is 3.05. The van der Waals surface area contributed by atoms with Gasteiger partial charge in [0.2, 0.25) is 0 Å². The summed E-state index contributed by atoms with van der Waals surface area (Å²) >= 11 is 0. The molecule has 1 amide bonds. The molecule has 6 heteroatoms. The fraction of sp³-hybridized carbons (Fsp3) is 0.333. The summed E-state index contributed by atoms with van der Waals surface area (Å²) in [4.78, 5) is 30.6. The normalized spacial score (nSPS) is 11.4.